The van der Waals surface area contributed by atoms with Gasteiger partial charge in [-0.1, -0.05) is 18.2 Å². The first-order valence-corrected chi connectivity index (χ1v) is 12.7. The molecule has 2 aromatic rings. The molecule has 0 aromatic heterocycles. The molecule has 1 fully saturated rings. The highest BCUT2D eigenvalue weighted by atomic mass is 32.2. The van der Waals surface area contributed by atoms with Gasteiger partial charge in [0.25, 0.3) is 5.91 Å². The highest BCUT2D eigenvalue weighted by molar-refractivity contribution is 7.91. The summed E-state index contributed by atoms with van der Waals surface area (Å²) in [6.45, 7) is 5.06. The van der Waals surface area contributed by atoms with E-state index in [-0.39, 0.29) is 29.9 Å². The van der Waals surface area contributed by atoms with Crippen LogP contribution in [0.4, 0.5) is 11.4 Å². The van der Waals surface area contributed by atoms with Crippen molar-refractivity contribution in [1.29, 1.82) is 0 Å². The van der Waals surface area contributed by atoms with Gasteiger partial charge in [-0.05, 0) is 26.0 Å². The number of carbonyl (C=O) groups excluding carboxylic acids is 2. The lowest BCUT2D eigenvalue weighted by Gasteiger charge is -2.26. The van der Waals surface area contributed by atoms with Gasteiger partial charge in [0.15, 0.2) is 9.84 Å². The quantitative estimate of drug-likeness (QED) is 0.572. The largest absolute Gasteiger partial charge is 0.492 e. The number of hydrogen-bond donors (Lipinski definition) is 2. The topological polar surface area (TPSA) is 114 Å². The lowest BCUT2D eigenvalue weighted by Crippen LogP contribution is -2.43. The van der Waals surface area contributed by atoms with Crippen molar-refractivity contribution in [3.8, 4) is 11.5 Å². The maximum absolute atomic E-state index is 12.6. The minimum absolute atomic E-state index is 0.0504. The average Bonchev–Trinajstić information content (AvgIpc) is 2.79. The van der Waals surface area contributed by atoms with E-state index in [2.05, 4.69) is 10.6 Å². The predicted octanol–water partition coefficient (Wildman–Crippen LogP) is 2.41. The Morgan fingerprint density at radius 3 is 2.00 bits per heavy atom. The molecule has 9 nitrogen and oxygen atoms in total. The van der Waals surface area contributed by atoms with Crippen LogP contribution in [-0.4, -0.2) is 69.5 Å². The van der Waals surface area contributed by atoms with Crippen molar-refractivity contribution < 1.29 is 27.5 Å². The van der Waals surface area contributed by atoms with Gasteiger partial charge in [-0.3, -0.25) is 14.5 Å². The van der Waals surface area contributed by atoms with E-state index in [0.29, 0.717) is 54.7 Å². The van der Waals surface area contributed by atoms with Crippen LogP contribution in [0, 0.1) is 0 Å². The molecule has 3 rings (SSSR count). The summed E-state index contributed by atoms with van der Waals surface area (Å²) in [7, 11) is -3.02. The Morgan fingerprint density at radius 1 is 0.909 bits per heavy atom. The molecule has 0 atom stereocenters. The first kappa shape index (κ1) is 24.5. The Kier molecular flexibility index (Phi) is 8.29. The van der Waals surface area contributed by atoms with Crippen molar-refractivity contribution in [2.45, 2.75) is 13.8 Å². The molecule has 2 N–H and O–H groups in total. The van der Waals surface area contributed by atoms with Crippen LogP contribution in [0.25, 0.3) is 0 Å². The van der Waals surface area contributed by atoms with Gasteiger partial charge < -0.3 is 20.1 Å². The van der Waals surface area contributed by atoms with Crippen LogP contribution in [0.15, 0.2) is 42.5 Å². The van der Waals surface area contributed by atoms with Gasteiger partial charge in [0.1, 0.15) is 11.5 Å². The zero-order chi connectivity index (χ0) is 23.8. The number of amides is 2. The fraction of sp³-hybridized carbons (Fsp3) is 0.391. The maximum Gasteiger partial charge on any atom is 0.255 e. The van der Waals surface area contributed by atoms with Gasteiger partial charge in [-0.25, -0.2) is 8.42 Å². The standard InChI is InChI=1S/C23H29N3O6S/c1-3-31-20-15-19(25-23(28)17-8-6-5-7-9-17)21(32-4-2)14-18(20)24-22(27)16-26-10-12-33(29,30)13-11-26/h5-9,14-15H,3-4,10-13,16H2,1-2H3,(H,24,27)(H,25,28). The minimum atomic E-state index is -3.02. The predicted molar refractivity (Wildman–Crippen MR) is 127 cm³/mol. The van der Waals surface area contributed by atoms with Crippen LogP contribution in [0.3, 0.4) is 0 Å². The molecule has 2 amide bonds. The van der Waals surface area contributed by atoms with Gasteiger partial charge in [-0.2, -0.15) is 0 Å². The summed E-state index contributed by atoms with van der Waals surface area (Å²) in [5, 5.41) is 5.67. The molecular formula is C23H29N3O6S. The van der Waals surface area contributed by atoms with E-state index in [1.807, 2.05) is 19.9 Å². The second kappa shape index (κ2) is 11.2. The number of nitrogens with zero attached hydrogens (tertiary/aromatic N) is 1. The first-order chi connectivity index (χ1) is 15.8. The Hall–Kier alpha value is -3.11. The van der Waals surface area contributed by atoms with Crippen LogP contribution in [0.1, 0.15) is 24.2 Å². The number of anilines is 2. The number of nitrogens with one attached hydrogen (secondary N) is 2. The summed E-state index contributed by atoms with van der Waals surface area (Å²) in [6, 6.07) is 12.0. The van der Waals surface area contributed by atoms with E-state index < -0.39 is 9.84 Å². The zero-order valence-electron chi connectivity index (χ0n) is 18.8. The van der Waals surface area contributed by atoms with Gasteiger partial charge in [0, 0.05) is 30.8 Å². The number of carbonyl (C=O) groups is 2. The molecule has 0 saturated carbocycles. The maximum atomic E-state index is 12.6. The monoisotopic (exact) mass is 475 g/mol. The van der Waals surface area contributed by atoms with Gasteiger partial charge in [-0.15, -0.1) is 0 Å². The molecule has 2 aromatic carbocycles. The molecule has 1 saturated heterocycles. The van der Waals surface area contributed by atoms with Crippen molar-refractivity contribution in [3.05, 3.63) is 48.0 Å². The van der Waals surface area contributed by atoms with Crippen LogP contribution in [0.5, 0.6) is 11.5 Å². The van der Waals surface area contributed by atoms with Crippen LogP contribution in [0.2, 0.25) is 0 Å². The number of ether oxygens (including phenoxy) is 2. The van der Waals surface area contributed by atoms with Gasteiger partial charge >= 0.3 is 0 Å². The molecule has 1 heterocycles. The number of hydrogen-bond acceptors (Lipinski definition) is 7. The van der Waals surface area contributed by atoms with E-state index in [1.165, 1.54) is 0 Å². The zero-order valence-corrected chi connectivity index (χ0v) is 19.6. The highest BCUT2D eigenvalue weighted by Gasteiger charge is 2.24. The van der Waals surface area contributed by atoms with Crippen molar-refractivity contribution in [3.63, 3.8) is 0 Å². The lowest BCUT2D eigenvalue weighted by molar-refractivity contribution is -0.117. The molecule has 178 valence electrons. The molecule has 0 aliphatic carbocycles. The number of rotatable bonds is 9. The van der Waals surface area contributed by atoms with Gasteiger partial charge in [0.05, 0.1) is 42.6 Å². The van der Waals surface area contributed by atoms with Crippen molar-refractivity contribution in [2.24, 2.45) is 0 Å². The summed E-state index contributed by atoms with van der Waals surface area (Å²) < 4.78 is 34.6. The van der Waals surface area contributed by atoms with Crippen LogP contribution in [-0.2, 0) is 14.6 Å². The Balaban J connectivity index is 1.78. The Labute approximate surface area is 194 Å². The molecule has 0 spiro atoms. The molecule has 0 unspecified atom stereocenters. The van der Waals surface area contributed by atoms with E-state index in [4.69, 9.17) is 9.47 Å². The van der Waals surface area contributed by atoms with Gasteiger partial charge in [0.2, 0.25) is 5.91 Å². The minimum Gasteiger partial charge on any atom is -0.492 e. The van der Waals surface area contributed by atoms with E-state index in [9.17, 15) is 18.0 Å². The molecule has 1 aliphatic rings. The van der Waals surface area contributed by atoms with Crippen molar-refractivity contribution in [1.82, 2.24) is 4.90 Å². The lowest BCUT2D eigenvalue weighted by atomic mass is 10.2. The number of benzene rings is 2. The fourth-order valence-corrected chi connectivity index (χ4v) is 4.67. The van der Waals surface area contributed by atoms with E-state index in [1.54, 1.807) is 41.3 Å². The summed E-state index contributed by atoms with van der Waals surface area (Å²) in [5.41, 5.74) is 1.33. The number of sulfone groups is 1. The molecule has 33 heavy (non-hydrogen) atoms. The highest BCUT2D eigenvalue weighted by Crippen LogP contribution is 2.37. The molecular weight excluding hydrogens is 446 g/mol. The summed E-state index contributed by atoms with van der Waals surface area (Å²) in [4.78, 5) is 27.1. The second-order valence-electron chi connectivity index (χ2n) is 7.51. The van der Waals surface area contributed by atoms with Crippen LogP contribution >= 0.6 is 0 Å². The van der Waals surface area contributed by atoms with E-state index >= 15 is 0 Å². The van der Waals surface area contributed by atoms with Crippen molar-refractivity contribution >= 4 is 33.0 Å². The SMILES string of the molecule is CCOc1cc(NC(=O)c2ccccc2)c(OCC)cc1NC(=O)CN1CCS(=O)(=O)CC1. The summed E-state index contributed by atoms with van der Waals surface area (Å²) in [6.07, 6.45) is 0. The summed E-state index contributed by atoms with van der Waals surface area (Å²) >= 11 is 0. The summed E-state index contributed by atoms with van der Waals surface area (Å²) in [5.74, 6) is 0.293. The molecule has 10 heteroatoms. The van der Waals surface area contributed by atoms with Crippen molar-refractivity contribution in [2.75, 3.05) is 55.0 Å². The Morgan fingerprint density at radius 2 is 1.45 bits per heavy atom. The average molecular weight is 476 g/mol. The smallest absolute Gasteiger partial charge is 0.255 e. The third-order valence-corrected chi connectivity index (χ3v) is 6.65. The van der Waals surface area contributed by atoms with E-state index in [0.717, 1.165) is 0 Å². The first-order valence-electron chi connectivity index (χ1n) is 10.8. The second-order valence-corrected chi connectivity index (χ2v) is 9.81. The molecule has 0 bridgehead atoms. The third-order valence-electron chi connectivity index (χ3n) is 5.04. The Bertz CT molecular complexity index is 1070. The molecule has 0 radical (unpaired) electrons. The fourth-order valence-electron chi connectivity index (χ4n) is 3.39. The molecule has 1 aliphatic heterocycles. The van der Waals surface area contributed by atoms with Crippen LogP contribution < -0.4 is 20.1 Å². The normalized spacial score (nSPS) is 15.5. The third kappa shape index (κ3) is 6.93.